The van der Waals surface area contributed by atoms with Crippen LogP contribution in [0.3, 0.4) is 0 Å². The third-order valence-corrected chi connectivity index (χ3v) is 5.43. The van der Waals surface area contributed by atoms with Crippen molar-refractivity contribution in [2.24, 2.45) is 0 Å². The molecule has 30 heavy (non-hydrogen) atoms. The molecule has 0 fully saturated rings. The highest BCUT2D eigenvalue weighted by molar-refractivity contribution is 5.96. The molecule has 152 valence electrons. The van der Waals surface area contributed by atoms with E-state index >= 15 is 0 Å². The lowest BCUT2D eigenvalue weighted by molar-refractivity contribution is -0.146. The molecule has 3 aromatic carbocycles. The molecular weight excluding hydrogens is 374 g/mol. The highest BCUT2D eigenvalue weighted by Crippen LogP contribution is 2.44. The summed E-state index contributed by atoms with van der Waals surface area (Å²) in [5, 5.41) is 2.67. The average molecular weight is 399 g/mol. The fourth-order valence-corrected chi connectivity index (χ4v) is 3.79. The first-order valence-electron chi connectivity index (χ1n) is 10.1. The van der Waals surface area contributed by atoms with Gasteiger partial charge < -0.3 is 10.1 Å². The summed E-state index contributed by atoms with van der Waals surface area (Å²) in [4.78, 5) is 24.9. The van der Waals surface area contributed by atoms with Crippen LogP contribution in [0, 0.1) is 0 Å². The van der Waals surface area contributed by atoms with E-state index in [1.165, 1.54) is 0 Å². The number of fused-ring (bicyclic) bond motifs is 3. The molecular formula is C26H25NO3. The zero-order valence-electron chi connectivity index (χ0n) is 17.4. The van der Waals surface area contributed by atoms with E-state index in [0.29, 0.717) is 5.56 Å². The summed E-state index contributed by atoms with van der Waals surface area (Å²) in [5.41, 5.74) is 5.78. The number of hydrogen-bond acceptors (Lipinski definition) is 3. The van der Waals surface area contributed by atoms with Gasteiger partial charge in [0.15, 0.2) is 6.10 Å². The number of carbonyl (C=O) groups excluding carboxylic acids is 2. The predicted molar refractivity (Wildman–Crippen MR) is 117 cm³/mol. The Morgan fingerprint density at radius 1 is 0.833 bits per heavy atom. The van der Waals surface area contributed by atoms with Crippen LogP contribution in [-0.2, 0) is 14.9 Å². The Hall–Kier alpha value is -3.40. The summed E-state index contributed by atoms with van der Waals surface area (Å²) in [6.45, 7) is 6.19. The lowest BCUT2D eigenvalue weighted by Crippen LogP contribution is -2.31. The number of benzene rings is 3. The van der Waals surface area contributed by atoms with Crippen LogP contribution in [0.15, 0.2) is 72.8 Å². The van der Waals surface area contributed by atoms with Crippen molar-refractivity contribution >= 4 is 11.9 Å². The van der Waals surface area contributed by atoms with Gasteiger partial charge in [0.25, 0.3) is 5.91 Å². The van der Waals surface area contributed by atoms with Crippen molar-refractivity contribution in [1.82, 2.24) is 5.32 Å². The van der Waals surface area contributed by atoms with Crippen LogP contribution >= 0.6 is 0 Å². The van der Waals surface area contributed by atoms with Crippen molar-refractivity contribution in [3.05, 3.63) is 95.1 Å². The van der Waals surface area contributed by atoms with Crippen LogP contribution in [0.2, 0.25) is 0 Å². The van der Waals surface area contributed by atoms with E-state index in [1.54, 1.807) is 12.1 Å². The predicted octanol–water partition coefficient (Wildman–Crippen LogP) is 5.03. The molecule has 4 heteroatoms. The van der Waals surface area contributed by atoms with Gasteiger partial charge in [0.2, 0.25) is 0 Å². The van der Waals surface area contributed by atoms with Gasteiger partial charge in [-0.05, 0) is 34.2 Å². The highest BCUT2D eigenvalue weighted by atomic mass is 16.5. The Morgan fingerprint density at radius 2 is 1.37 bits per heavy atom. The lowest BCUT2D eigenvalue weighted by Gasteiger charge is -2.19. The minimum Gasteiger partial charge on any atom is -0.451 e. The molecule has 1 amide bonds. The van der Waals surface area contributed by atoms with Crippen molar-refractivity contribution in [2.75, 3.05) is 6.54 Å². The Bertz CT molecular complexity index is 1050. The largest absolute Gasteiger partial charge is 0.451 e. The molecule has 0 saturated heterocycles. The number of carbonyl (C=O) groups is 2. The van der Waals surface area contributed by atoms with Crippen molar-refractivity contribution in [2.45, 2.75) is 32.3 Å². The fraction of sp³-hybridized carbons (Fsp3) is 0.231. The molecule has 0 aliphatic heterocycles. The third kappa shape index (κ3) is 3.86. The molecule has 1 aliphatic carbocycles. The van der Waals surface area contributed by atoms with Crippen LogP contribution < -0.4 is 5.32 Å². The van der Waals surface area contributed by atoms with E-state index < -0.39 is 12.1 Å². The molecule has 4 rings (SSSR count). The van der Waals surface area contributed by atoms with Gasteiger partial charge in [0, 0.05) is 16.7 Å². The summed E-state index contributed by atoms with van der Waals surface area (Å²) in [5.74, 6) is -0.759. The molecule has 0 saturated carbocycles. The van der Waals surface area contributed by atoms with Crippen LogP contribution in [0.25, 0.3) is 11.1 Å². The van der Waals surface area contributed by atoms with Gasteiger partial charge in [-0.1, -0.05) is 81.4 Å². The SMILES string of the molecule is CC(C)(C)c1ccc(C(=O)NCC(=O)OC2c3ccccc3-c3ccccc32)cc1. The number of nitrogens with one attached hydrogen (secondary N) is 1. The van der Waals surface area contributed by atoms with Crippen molar-refractivity contribution in [1.29, 1.82) is 0 Å². The van der Waals surface area contributed by atoms with E-state index in [-0.39, 0.29) is 17.9 Å². The Kier molecular flexibility index (Phi) is 5.17. The van der Waals surface area contributed by atoms with Crippen LogP contribution in [0.4, 0.5) is 0 Å². The first kappa shape index (κ1) is 19.9. The van der Waals surface area contributed by atoms with Crippen LogP contribution in [0.5, 0.6) is 0 Å². The van der Waals surface area contributed by atoms with E-state index in [1.807, 2.05) is 60.7 Å². The molecule has 0 spiro atoms. The van der Waals surface area contributed by atoms with Crippen LogP contribution in [-0.4, -0.2) is 18.4 Å². The van der Waals surface area contributed by atoms with Crippen molar-refractivity contribution in [3.8, 4) is 11.1 Å². The maximum atomic E-state index is 12.5. The van der Waals surface area contributed by atoms with Gasteiger partial charge >= 0.3 is 5.97 Å². The lowest BCUT2D eigenvalue weighted by atomic mass is 9.87. The monoisotopic (exact) mass is 399 g/mol. The topological polar surface area (TPSA) is 55.4 Å². The molecule has 0 aromatic heterocycles. The quantitative estimate of drug-likeness (QED) is 0.626. The van der Waals surface area contributed by atoms with Crippen molar-refractivity contribution < 1.29 is 14.3 Å². The maximum Gasteiger partial charge on any atom is 0.326 e. The molecule has 0 bridgehead atoms. The van der Waals surface area contributed by atoms with Gasteiger partial charge in [-0.15, -0.1) is 0 Å². The first-order valence-corrected chi connectivity index (χ1v) is 10.1. The molecule has 1 aliphatic rings. The molecule has 0 unspecified atom stereocenters. The minimum absolute atomic E-state index is 0.0205. The molecule has 3 aromatic rings. The molecule has 1 N–H and O–H groups in total. The van der Waals surface area contributed by atoms with E-state index in [2.05, 4.69) is 26.1 Å². The maximum absolute atomic E-state index is 12.5. The average Bonchev–Trinajstić information content (AvgIpc) is 3.05. The molecule has 0 radical (unpaired) electrons. The van der Waals surface area contributed by atoms with E-state index in [0.717, 1.165) is 27.8 Å². The zero-order chi connectivity index (χ0) is 21.3. The van der Waals surface area contributed by atoms with Crippen molar-refractivity contribution in [3.63, 3.8) is 0 Å². The van der Waals surface area contributed by atoms with Gasteiger partial charge in [-0.2, -0.15) is 0 Å². The Labute approximate surface area is 176 Å². The second kappa shape index (κ2) is 7.79. The zero-order valence-corrected chi connectivity index (χ0v) is 17.4. The number of esters is 1. The molecule has 0 atom stereocenters. The second-order valence-corrected chi connectivity index (χ2v) is 8.55. The number of rotatable bonds is 4. The van der Waals surface area contributed by atoms with Crippen LogP contribution in [0.1, 0.15) is 53.9 Å². The smallest absolute Gasteiger partial charge is 0.326 e. The minimum atomic E-state index is -0.467. The summed E-state index contributed by atoms with van der Waals surface area (Å²) >= 11 is 0. The number of ether oxygens (including phenoxy) is 1. The Balaban J connectivity index is 1.41. The third-order valence-electron chi connectivity index (χ3n) is 5.43. The van der Waals surface area contributed by atoms with Gasteiger partial charge in [-0.25, -0.2) is 0 Å². The van der Waals surface area contributed by atoms with Gasteiger partial charge in [-0.3, -0.25) is 9.59 Å². The summed E-state index contributed by atoms with van der Waals surface area (Å²) in [6, 6.07) is 23.3. The summed E-state index contributed by atoms with van der Waals surface area (Å²) in [6.07, 6.45) is -0.451. The normalized spacial score (nSPS) is 12.8. The summed E-state index contributed by atoms with van der Waals surface area (Å²) in [7, 11) is 0. The molecule has 0 heterocycles. The van der Waals surface area contributed by atoms with Gasteiger partial charge in [0.1, 0.15) is 6.54 Å². The fourth-order valence-electron chi connectivity index (χ4n) is 3.79. The number of hydrogen-bond donors (Lipinski definition) is 1. The molecule has 4 nitrogen and oxygen atoms in total. The highest BCUT2D eigenvalue weighted by Gasteiger charge is 2.31. The first-order chi connectivity index (χ1) is 14.3. The standard InChI is InChI=1S/C26H25NO3/c1-26(2,3)18-14-12-17(13-15-18)25(29)27-16-23(28)30-24-21-10-6-4-8-19(21)20-9-5-7-11-22(20)24/h4-15,24H,16H2,1-3H3,(H,27,29). The van der Waals surface area contributed by atoms with E-state index in [9.17, 15) is 9.59 Å². The second-order valence-electron chi connectivity index (χ2n) is 8.55. The van der Waals surface area contributed by atoms with Gasteiger partial charge in [0.05, 0.1) is 0 Å². The summed E-state index contributed by atoms with van der Waals surface area (Å²) < 4.78 is 5.76. The Morgan fingerprint density at radius 3 is 1.90 bits per heavy atom. The van der Waals surface area contributed by atoms with E-state index in [4.69, 9.17) is 4.74 Å². The number of amides is 1.